The lowest BCUT2D eigenvalue weighted by Gasteiger charge is -2.21. The summed E-state index contributed by atoms with van der Waals surface area (Å²) in [5.41, 5.74) is 2.25. The summed E-state index contributed by atoms with van der Waals surface area (Å²) in [6.45, 7) is 6.57. The maximum atomic E-state index is 11.7. The van der Waals surface area contributed by atoms with Crippen LogP contribution in [0.5, 0.6) is 0 Å². The summed E-state index contributed by atoms with van der Waals surface area (Å²) in [7, 11) is 0. The van der Waals surface area contributed by atoms with Crippen molar-refractivity contribution in [2.45, 2.75) is 40.0 Å². The zero-order chi connectivity index (χ0) is 14.3. The van der Waals surface area contributed by atoms with E-state index in [-0.39, 0.29) is 17.9 Å². The summed E-state index contributed by atoms with van der Waals surface area (Å²) in [5.74, 6) is 0.0427. The van der Waals surface area contributed by atoms with Gasteiger partial charge in [-0.05, 0) is 24.0 Å². The van der Waals surface area contributed by atoms with Gasteiger partial charge in [0.05, 0.1) is 0 Å². The largest absolute Gasteiger partial charge is 0.396 e. The molecular weight excluding hydrogens is 238 g/mol. The third-order valence-corrected chi connectivity index (χ3v) is 3.26. The molecule has 3 nitrogen and oxygen atoms in total. The summed E-state index contributed by atoms with van der Waals surface area (Å²) in [6, 6.07) is 8.40. The van der Waals surface area contributed by atoms with Gasteiger partial charge in [0.15, 0.2) is 0 Å². The van der Waals surface area contributed by atoms with E-state index in [4.69, 9.17) is 5.11 Å². The fraction of sp³-hybridized carbons (Fsp3) is 0.562. The maximum Gasteiger partial charge on any atom is 0.220 e. The highest BCUT2D eigenvalue weighted by Gasteiger charge is 2.17. The molecule has 1 rings (SSSR count). The highest BCUT2D eigenvalue weighted by molar-refractivity contribution is 5.76. The standard InChI is InChI=1S/C16H25NO2/c1-4-13-5-7-14(8-6-13)9-10-15(19)17-11-16(2,3)12-18/h5-8,18H,4,9-12H2,1-3H3,(H,17,19). The second kappa shape index (κ2) is 7.29. The van der Waals surface area contributed by atoms with Crippen molar-refractivity contribution in [1.82, 2.24) is 5.32 Å². The summed E-state index contributed by atoms with van der Waals surface area (Å²) in [5, 5.41) is 12.0. The summed E-state index contributed by atoms with van der Waals surface area (Å²) >= 11 is 0. The quantitative estimate of drug-likeness (QED) is 0.793. The Morgan fingerprint density at radius 2 is 1.79 bits per heavy atom. The van der Waals surface area contributed by atoms with Gasteiger partial charge in [-0.15, -0.1) is 0 Å². The van der Waals surface area contributed by atoms with E-state index in [2.05, 4.69) is 36.5 Å². The number of aliphatic hydroxyl groups excluding tert-OH is 1. The number of carbonyl (C=O) groups is 1. The van der Waals surface area contributed by atoms with Gasteiger partial charge < -0.3 is 10.4 Å². The molecule has 1 aromatic rings. The monoisotopic (exact) mass is 263 g/mol. The number of hydrogen-bond donors (Lipinski definition) is 2. The molecule has 1 aromatic carbocycles. The van der Waals surface area contributed by atoms with Crippen LogP contribution in [0.1, 0.15) is 38.3 Å². The molecule has 0 fully saturated rings. The minimum Gasteiger partial charge on any atom is -0.396 e. The maximum absolute atomic E-state index is 11.7. The van der Waals surface area contributed by atoms with Gasteiger partial charge in [0.1, 0.15) is 0 Å². The Kier molecular flexibility index (Phi) is 6.03. The number of rotatable bonds is 7. The third kappa shape index (κ3) is 5.88. The Labute approximate surface area is 116 Å². The van der Waals surface area contributed by atoms with Gasteiger partial charge in [-0.2, -0.15) is 0 Å². The van der Waals surface area contributed by atoms with E-state index in [0.717, 1.165) is 12.8 Å². The molecule has 0 saturated heterocycles. The molecule has 106 valence electrons. The van der Waals surface area contributed by atoms with Gasteiger partial charge in [0.2, 0.25) is 5.91 Å². The van der Waals surface area contributed by atoms with Crippen molar-refractivity contribution in [1.29, 1.82) is 0 Å². The molecule has 0 saturated carbocycles. The molecule has 0 aromatic heterocycles. The van der Waals surface area contributed by atoms with Crippen LogP contribution in [-0.2, 0) is 17.6 Å². The van der Waals surface area contributed by atoms with Crippen molar-refractivity contribution < 1.29 is 9.90 Å². The minimum absolute atomic E-state index is 0.0427. The highest BCUT2D eigenvalue weighted by Crippen LogP contribution is 2.11. The average molecular weight is 263 g/mol. The van der Waals surface area contributed by atoms with E-state index in [1.807, 2.05) is 13.8 Å². The van der Waals surface area contributed by atoms with Crippen LogP contribution in [0.3, 0.4) is 0 Å². The lowest BCUT2D eigenvalue weighted by molar-refractivity contribution is -0.121. The molecule has 19 heavy (non-hydrogen) atoms. The number of benzene rings is 1. The van der Waals surface area contributed by atoms with E-state index in [0.29, 0.717) is 13.0 Å². The first-order valence-electron chi connectivity index (χ1n) is 6.92. The Hall–Kier alpha value is -1.35. The SMILES string of the molecule is CCc1ccc(CCC(=O)NCC(C)(C)CO)cc1. The van der Waals surface area contributed by atoms with Crippen LogP contribution in [0.15, 0.2) is 24.3 Å². The molecule has 0 atom stereocenters. The van der Waals surface area contributed by atoms with Crippen LogP contribution in [-0.4, -0.2) is 24.2 Å². The lowest BCUT2D eigenvalue weighted by Crippen LogP contribution is -2.36. The number of aliphatic hydroxyl groups is 1. The third-order valence-electron chi connectivity index (χ3n) is 3.26. The molecule has 1 amide bonds. The average Bonchev–Trinajstić information content (AvgIpc) is 2.43. The normalized spacial score (nSPS) is 11.4. The van der Waals surface area contributed by atoms with Gasteiger partial charge in [0.25, 0.3) is 0 Å². The van der Waals surface area contributed by atoms with Gasteiger partial charge >= 0.3 is 0 Å². The zero-order valence-corrected chi connectivity index (χ0v) is 12.2. The van der Waals surface area contributed by atoms with Gasteiger partial charge in [-0.1, -0.05) is 45.0 Å². The van der Waals surface area contributed by atoms with Crippen molar-refractivity contribution in [3.63, 3.8) is 0 Å². The van der Waals surface area contributed by atoms with E-state index in [9.17, 15) is 4.79 Å². The van der Waals surface area contributed by atoms with E-state index >= 15 is 0 Å². The number of amides is 1. The minimum atomic E-state index is -0.252. The van der Waals surface area contributed by atoms with E-state index < -0.39 is 0 Å². The van der Waals surface area contributed by atoms with Crippen molar-refractivity contribution in [2.75, 3.05) is 13.2 Å². The van der Waals surface area contributed by atoms with Crippen molar-refractivity contribution in [2.24, 2.45) is 5.41 Å². The van der Waals surface area contributed by atoms with Crippen molar-refractivity contribution in [3.05, 3.63) is 35.4 Å². The topological polar surface area (TPSA) is 49.3 Å². The van der Waals surface area contributed by atoms with E-state index in [1.165, 1.54) is 11.1 Å². The summed E-state index contributed by atoms with van der Waals surface area (Å²) < 4.78 is 0. The van der Waals surface area contributed by atoms with Gasteiger partial charge in [-0.3, -0.25) is 4.79 Å². The van der Waals surface area contributed by atoms with Crippen LogP contribution in [0.4, 0.5) is 0 Å². The number of nitrogens with one attached hydrogen (secondary N) is 1. The van der Waals surface area contributed by atoms with Crippen molar-refractivity contribution >= 4 is 5.91 Å². The van der Waals surface area contributed by atoms with Crippen LogP contribution in [0, 0.1) is 5.41 Å². The molecule has 0 spiro atoms. The number of hydrogen-bond acceptors (Lipinski definition) is 2. The number of aryl methyl sites for hydroxylation is 2. The van der Waals surface area contributed by atoms with Gasteiger partial charge in [-0.25, -0.2) is 0 Å². The van der Waals surface area contributed by atoms with Crippen LogP contribution < -0.4 is 5.32 Å². The predicted octanol–water partition coefficient (Wildman–Crippen LogP) is 2.32. The second-order valence-corrected chi connectivity index (χ2v) is 5.77. The first-order valence-corrected chi connectivity index (χ1v) is 6.92. The Morgan fingerprint density at radius 1 is 1.21 bits per heavy atom. The van der Waals surface area contributed by atoms with Crippen LogP contribution >= 0.6 is 0 Å². The first kappa shape index (κ1) is 15.7. The Bertz CT molecular complexity index is 396. The molecule has 3 heteroatoms. The molecule has 0 aliphatic rings. The van der Waals surface area contributed by atoms with Crippen molar-refractivity contribution in [3.8, 4) is 0 Å². The predicted molar refractivity (Wildman–Crippen MR) is 78.0 cm³/mol. The highest BCUT2D eigenvalue weighted by atomic mass is 16.3. The second-order valence-electron chi connectivity index (χ2n) is 5.77. The molecule has 2 N–H and O–H groups in total. The molecular formula is C16H25NO2. The molecule has 0 aliphatic carbocycles. The molecule has 0 bridgehead atoms. The molecule has 0 heterocycles. The zero-order valence-electron chi connectivity index (χ0n) is 12.2. The Balaban J connectivity index is 2.33. The van der Waals surface area contributed by atoms with E-state index in [1.54, 1.807) is 0 Å². The fourth-order valence-electron chi connectivity index (χ4n) is 1.68. The van der Waals surface area contributed by atoms with Gasteiger partial charge in [0, 0.05) is 25.0 Å². The summed E-state index contributed by atoms with van der Waals surface area (Å²) in [6.07, 6.45) is 2.29. The molecule has 0 unspecified atom stereocenters. The molecule has 0 aliphatic heterocycles. The summed E-state index contributed by atoms with van der Waals surface area (Å²) in [4.78, 5) is 11.7. The first-order chi connectivity index (χ1) is 8.96. The number of carbonyl (C=O) groups excluding carboxylic acids is 1. The smallest absolute Gasteiger partial charge is 0.220 e. The lowest BCUT2D eigenvalue weighted by atomic mass is 9.95. The van der Waals surface area contributed by atoms with Crippen LogP contribution in [0.2, 0.25) is 0 Å². The molecule has 0 radical (unpaired) electrons. The van der Waals surface area contributed by atoms with Crippen LogP contribution in [0.25, 0.3) is 0 Å². The fourth-order valence-corrected chi connectivity index (χ4v) is 1.68. The Morgan fingerprint density at radius 3 is 2.32 bits per heavy atom.